The van der Waals surface area contributed by atoms with Gasteiger partial charge in [0.1, 0.15) is 0 Å². The molecule has 0 unspecified atom stereocenters. The minimum atomic E-state index is -0.468. The zero-order valence-corrected chi connectivity index (χ0v) is 7.92. The lowest BCUT2D eigenvalue weighted by Gasteiger charge is -2.04. The van der Waals surface area contributed by atoms with Crippen LogP contribution in [0.5, 0.6) is 0 Å². The highest BCUT2D eigenvalue weighted by Crippen LogP contribution is 1.90. The van der Waals surface area contributed by atoms with E-state index in [1.54, 1.807) is 6.92 Å². The highest BCUT2D eigenvalue weighted by atomic mass is 16.5. The van der Waals surface area contributed by atoms with Crippen LogP contribution in [0.1, 0.15) is 27.2 Å². The van der Waals surface area contributed by atoms with E-state index in [1.807, 2.05) is 18.8 Å². The van der Waals surface area contributed by atoms with Gasteiger partial charge in [-0.2, -0.15) is 0 Å². The molecule has 0 atom stereocenters. The Morgan fingerprint density at radius 2 is 1.77 bits per heavy atom. The third-order valence-corrected chi connectivity index (χ3v) is 1.03. The summed E-state index contributed by atoms with van der Waals surface area (Å²) in [5, 5.41) is 0. The molecule has 0 spiro atoms. The van der Waals surface area contributed by atoms with Gasteiger partial charge in [-0.05, 0) is 13.8 Å². The number of carbonyl (C=O) groups excluding carboxylic acids is 1. The van der Waals surface area contributed by atoms with Crippen molar-refractivity contribution in [2.45, 2.75) is 33.3 Å². The Bertz CT molecular complexity index is 297. The summed E-state index contributed by atoms with van der Waals surface area (Å²) >= 11 is 0. The van der Waals surface area contributed by atoms with E-state index in [-0.39, 0.29) is 12.1 Å². The van der Waals surface area contributed by atoms with Crippen LogP contribution in [0.2, 0.25) is 0 Å². The summed E-state index contributed by atoms with van der Waals surface area (Å²) in [4.78, 5) is 31.2. The predicted octanol–water partition coefficient (Wildman–Crippen LogP) is -0.0413. The standard InChI is InChI=1S/C6H12O2.C2HNO2/c1-4-6(7)8-5(2)3;4-1-2(5)3-1/h5H,4H2,1-3H3;(H,3,4,5). The van der Waals surface area contributed by atoms with Gasteiger partial charge in [0, 0.05) is 6.42 Å². The second-order valence-electron chi connectivity index (χ2n) is 2.68. The van der Waals surface area contributed by atoms with Crippen LogP contribution < -0.4 is 11.1 Å². The van der Waals surface area contributed by atoms with Crippen molar-refractivity contribution in [2.75, 3.05) is 0 Å². The highest BCUT2D eigenvalue weighted by molar-refractivity contribution is 5.68. The zero-order chi connectivity index (χ0) is 10.4. The fourth-order valence-corrected chi connectivity index (χ4v) is 0.418. The molecule has 1 N–H and O–H groups in total. The van der Waals surface area contributed by atoms with E-state index in [4.69, 9.17) is 4.74 Å². The van der Waals surface area contributed by atoms with E-state index in [0.717, 1.165) is 0 Å². The summed E-state index contributed by atoms with van der Waals surface area (Å²) in [6.45, 7) is 5.46. The van der Waals surface area contributed by atoms with Crippen LogP contribution >= 0.6 is 0 Å². The lowest BCUT2D eigenvalue weighted by atomic mass is 10.4. The van der Waals surface area contributed by atoms with Gasteiger partial charge in [0.25, 0.3) is 0 Å². The average molecular weight is 187 g/mol. The van der Waals surface area contributed by atoms with Gasteiger partial charge in [-0.15, -0.1) is 0 Å². The molecular formula is C8H13NO4. The molecule has 0 aromatic carbocycles. The van der Waals surface area contributed by atoms with Gasteiger partial charge in [0.2, 0.25) is 0 Å². The Labute approximate surface area is 75.4 Å². The molecule has 0 amide bonds. The van der Waals surface area contributed by atoms with Crippen molar-refractivity contribution in [1.29, 1.82) is 0 Å². The topological polar surface area (TPSA) is 76.2 Å². The van der Waals surface area contributed by atoms with Gasteiger partial charge >= 0.3 is 17.1 Å². The molecule has 0 fully saturated rings. The third-order valence-electron chi connectivity index (χ3n) is 1.03. The Hall–Kier alpha value is -1.39. The molecule has 13 heavy (non-hydrogen) atoms. The molecule has 5 heteroatoms. The second-order valence-corrected chi connectivity index (χ2v) is 2.68. The fraction of sp³-hybridized carbons (Fsp3) is 0.625. The second kappa shape index (κ2) is 5.29. The molecule has 1 aromatic rings. The first-order valence-corrected chi connectivity index (χ1v) is 4.02. The smallest absolute Gasteiger partial charge is 0.316 e. The van der Waals surface area contributed by atoms with Gasteiger partial charge in [0.05, 0.1) is 6.10 Å². The lowest BCUT2D eigenvalue weighted by Crippen LogP contribution is -2.09. The number of aromatic nitrogens is 1. The van der Waals surface area contributed by atoms with Gasteiger partial charge in [-0.3, -0.25) is 19.4 Å². The van der Waals surface area contributed by atoms with Crippen LogP contribution in [0.3, 0.4) is 0 Å². The number of nitrogens with one attached hydrogen (secondary N) is 1. The summed E-state index contributed by atoms with van der Waals surface area (Å²) < 4.78 is 4.76. The minimum absolute atomic E-state index is 0.0300. The molecule has 0 radical (unpaired) electrons. The average Bonchev–Trinajstić information content (AvgIpc) is 2.64. The molecular weight excluding hydrogens is 174 g/mol. The minimum Gasteiger partial charge on any atom is -0.463 e. The van der Waals surface area contributed by atoms with Gasteiger partial charge < -0.3 is 4.74 Å². The van der Waals surface area contributed by atoms with Gasteiger partial charge in [-0.1, -0.05) is 6.92 Å². The van der Waals surface area contributed by atoms with Crippen LogP contribution in [0.15, 0.2) is 9.59 Å². The van der Waals surface area contributed by atoms with Crippen molar-refractivity contribution in [2.24, 2.45) is 0 Å². The van der Waals surface area contributed by atoms with E-state index in [9.17, 15) is 14.4 Å². The number of esters is 1. The first kappa shape index (κ1) is 11.6. The van der Waals surface area contributed by atoms with E-state index in [2.05, 4.69) is 0 Å². The van der Waals surface area contributed by atoms with Crippen molar-refractivity contribution in [1.82, 2.24) is 4.98 Å². The molecule has 0 aliphatic heterocycles. The van der Waals surface area contributed by atoms with E-state index >= 15 is 0 Å². The normalized spacial score (nSPS) is 9.54. The van der Waals surface area contributed by atoms with Crippen molar-refractivity contribution in [3.8, 4) is 0 Å². The van der Waals surface area contributed by atoms with E-state index < -0.39 is 11.1 Å². The van der Waals surface area contributed by atoms with Gasteiger partial charge in [0.15, 0.2) is 0 Å². The number of ether oxygens (including phenoxy) is 1. The Balaban J connectivity index is 0.000000243. The Kier molecular flexibility index (Phi) is 4.72. The molecule has 0 saturated heterocycles. The largest absolute Gasteiger partial charge is 0.463 e. The fourth-order valence-electron chi connectivity index (χ4n) is 0.418. The maximum Gasteiger partial charge on any atom is 0.316 e. The zero-order valence-electron chi connectivity index (χ0n) is 7.92. The van der Waals surface area contributed by atoms with Crippen molar-refractivity contribution in [3.05, 3.63) is 20.7 Å². The maximum atomic E-state index is 10.4. The number of rotatable bonds is 2. The molecule has 0 bridgehead atoms. The predicted molar refractivity (Wildman–Crippen MR) is 47.2 cm³/mol. The van der Waals surface area contributed by atoms with Crippen molar-refractivity contribution < 1.29 is 9.53 Å². The number of H-pyrrole nitrogens is 1. The number of hydrogen-bond acceptors (Lipinski definition) is 4. The lowest BCUT2D eigenvalue weighted by molar-refractivity contribution is -0.146. The third kappa shape index (κ3) is 6.99. The number of hydrogen-bond donors (Lipinski definition) is 1. The summed E-state index contributed by atoms with van der Waals surface area (Å²) in [5.74, 6) is -0.125. The van der Waals surface area contributed by atoms with Crippen molar-refractivity contribution >= 4 is 5.97 Å². The number of aromatic amines is 1. The molecule has 0 aliphatic carbocycles. The van der Waals surface area contributed by atoms with Crippen molar-refractivity contribution in [3.63, 3.8) is 0 Å². The SMILES string of the molecule is CCC(=O)OC(C)C.O=c1[nH]c1=O. The molecule has 1 heterocycles. The summed E-state index contributed by atoms with van der Waals surface area (Å²) in [6, 6.07) is 0. The van der Waals surface area contributed by atoms with Crippen LogP contribution in [0.4, 0.5) is 0 Å². The molecule has 1 aromatic heterocycles. The summed E-state index contributed by atoms with van der Waals surface area (Å²) in [7, 11) is 0. The molecule has 74 valence electrons. The molecule has 5 nitrogen and oxygen atoms in total. The summed E-state index contributed by atoms with van der Waals surface area (Å²) in [6.07, 6.45) is 0.500. The van der Waals surface area contributed by atoms with Crippen LogP contribution in [-0.2, 0) is 9.53 Å². The van der Waals surface area contributed by atoms with Crippen LogP contribution in [0, 0.1) is 0 Å². The van der Waals surface area contributed by atoms with E-state index in [0.29, 0.717) is 6.42 Å². The first-order chi connectivity index (χ1) is 5.97. The Morgan fingerprint density at radius 1 is 1.38 bits per heavy atom. The monoisotopic (exact) mass is 187 g/mol. The van der Waals surface area contributed by atoms with Gasteiger partial charge in [-0.25, -0.2) is 0 Å². The number of carbonyl (C=O) groups is 1. The van der Waals surface area contributed by atoms with Crippen LogP contribution in [-0.4, -0.2) is 17.1 Å². The summed E-state index contributed by atoms with van der Waals surface area (Å²) in [5.41, 5.74) is -0.935. The molecule has 1 rings (SSSR count). The molecule has 0 saturated carbocycles. The maximum absolute atomic E-state index is 10.4. The highest BCUT2D eigenvalue weighted by Gasteiger charge is 1.98. The quantitative estimate of drug-likeness (QED) is 0.520. The first-order valence-electron chi connectivity index (χ1n) is 4.02. The molecule has 0 aliphatic rings. The Morgan fingerprint density at radius 3 is 1.85 bits per heavy atom. The van der Waals surface area contributed by atoms with Crippen LogP contribution in [0.25, 0.3) is 0 Å². The van der Waals surface area contributed by atoms with E-state index in [1.165, 1.54) is 0 Å².